The maximum atomic E-state index is 10.3. The summed E-state index contributed by atoms with van der Waals surface area (Å²) in [4.78, 5) is 2.05. The molecule has 1 aliphatic heterocycles. The second kappa shape index (κ2) is 5.58. The maximum absolute atomic E-state index is 10.3. The second-order valence-electron chi connectivity index (χ2n) is 4.33. The van der Waals surface area contributed by atoms with E-state index in [9.17, 15) is 5.11 Å². The number of ether oxygens (including phenoxy) is 1. The summed E-state index contributed by atoms with van der Waals surface area (Å²) in [6.45, 7) is 0.731. The summed E-state index contributed by atoms with van der Waals surface area (Å²) in [5, 5.41) is 11.0. The van der Waals surface area contributed by atoms with Crippen molar-refractivity contribution >= 4 is 59.2 Å². The van der Waals surface area contributed by atoms with E-state index < -0.39 is 0 Å². The predicted octanol–water partition coefficient (Wildman–Crippen LogP) is 5.56. The molecule has 0 radical (unpaired) electrons. The molecule has 0 saturated heterocycles. The third-order valence-corrected chi connectivity index (χ3v) is 4.34. The Labute approximate surface area is 141 Å². The molecule has 0 spiro atoms. The molecular formula is C14H10Br3NO2. The third-order valence-electron chi connectivity index (χ3n) is 3.03. The number of fused-ring (bicyclic) bond motifs is 2. The average molecular weight is 464 g/mol. The molecule has 1 heterocycles. The lowest BCUT2D eigenvalue weighted by molar-refractivity contribution is 0.447. The molecule has 20 heavy (non-hydrogen) atoms. The monoisotopic (exact) mass is 461 g/mol. The molecule has 2 aromatic carbocycles. The number of hydrogen-bond donors (Lipinski definition) is 1. The smallest absolute Gasteiger partial charge is 0.156 e. The molecule has 1 N–H and O–H groups in total. The summed E-state index contributed by atoms with van der Waals surface area (Å²) < 4.78 is 7.66. The van der Waals surface area contributed by atoms with Gasteiger partial charge in [-0.05, 0) is 30.3 Å². The van der Waals surface area contributed by atoms with Gasteiger partial charge < -0.3 is 14.7 Å². The molecule has 0 unspecified atom stereocenters. The van der Waals surface area contributed by atoms with Crippen molar-refractivity contribution in [2.75, 3.05) is 16.8 Å². The van der Waals surface area contributed by atoms with Crippen LogP contribution in [0.15, 0.2) is 39.3 Å². The standard InChI is InChI=1S/C14H10Br3NO2/c15-3-4-18-10-5-8(16)1-2-12(10)20-13-7-9(17)6-11(19)14(13)18/h1-2,5-7,19H,3-4H2. The van der Waals surface area contributed by atoms with E-state index in [4.69, 9.17) is 4.74 Å². The van der Waals surface area contributed by atoms with E-state index in [1.165, 1.54) is 0 Å². The van der Waals surface area contributed by atoms with E-state index in [0.29, 0.717) is 11.4 Å². The number of alkyl halides is 1. The SMILES string of the molecule is Oc1cc(Br)cc2c1N(CCBr)c1cc(Br)ccc1O2. The highest BCUT2D eigenvalue weighted by Gasteiger charge is 2.27. The van der Waals surface area contributed by atoms with Crippen LogP contribution >= 0.6 is 47.8 Å². The number of phenols is 1. The molecular weight excluding hydrogens is 454 g/mol. The molecule has 2 aromatic rings. The number of rotatable bonds is 2. The Balaban J connectivity index is 2.21. The van der Waals surface area contributed by atoms with Crippen molar-refractivity contribution < 1.29 is 9.84 Å². The minimum absolute atomic E-state index is 0.195. The lowest BCUT2D eigenvalue weighted by Crippen LogP contribution is -2.23. The highest BCUT2D eigenvalue weighted by molar-refractivity contribution is 9.10. The van der Waals surface area contributed by atoms with Crippen molar-refractivity contribution in [3.05, 3.63) is 39.3 Å². The van der Waals surface area contributed by atoms with Gasteiger partial charge in [-0.3, -0.25) is 0 Å². The number of nitrogens with zero attached hydrogens (tertiary/aromatic N) is 1. The first-order chi connectivity index (χ1) is 9.60. The van der Waals surface area contributed by atoms with Crippen LogP contribution in [0.4, 0.5) is 11.4 Å². The first-order valence-electron chi connectivity index (χ1n) is 5.93. The fourth-order valence-electron chi connectivity index (χ4n) is 2.25. The molecule has 0 fully saturated rings. The number of hydrogen-bond acceptors (Lipinski definition) is 3. The van der Waals surface area contributed by atoms with Crippen LogP contribution in [0.2, 0.25) is 0 Å². The molecule has 0 bridgehead atoms. The molecule has 0 saturated carbocycles. The van der Waals surface area contributed by atoms with Gasteiger partial charge in [0.1, 0.15) is 11.4 Å². The largest absolute Gasteiger partial charge is 0.506 e. The number of anilines is 2. The van der Waals surface area contributed by atoms with Gasteiger partial charge in [0.2, 0.25) is 0 Å². The zero-order valence-corrected chi connectivity index (χ0v) is 15.0. The predicted molar refractivity (Wildman–Crippen MR) is 90.8 cm³/mol. The van der Waals surface area contributed by atoms with Crippen molar-refractivity contribution in [2.45, 2.75) is 0 Å². The van der Waals surface area contributed by atoms with Crippen LogP contribution < -0.4 is 9.64 Å². The Hall–Kier alpha value is -0.720. The van der Waals surface area contributed by atoms with E-state index >= 15 is 0 Å². The summed E-state index contributed by atoms with van der Waals surface area (Å²) in [7, 11) is 0. The van der Waals surface area contributed by atoms with Crippen LogP contribution in [0.1, 0.15) is 0 Å². The van der Waals surface area contributed by atoms with Crippen molar-refractivity contribution in [2.24, 2.45) is 0 Å². The first-order valence-corrected chi connectivity index (χ1v) is 8.64. The molecule has 6 heteroatoms. The van der Waals surface area contributed by atoms with E-state index in [2.05, 4.69) is 52.7 Å². The van der Waals surface area contributed by atoms with Gasteiger partial charge in [0.05, 0.1) is 5.69 Å². The van der Waals surface area contributed by atoms with Crippen molar-refractivity contribution in [3.8, 4) is 17.2 Å². The third kappa shape index (κ3) is 2.44. The topological polar surface area (TPSA) is 32.7 Å². The minimum Gasteiger partial charge on any atom is -0.506 e. The van der Waals surface area contributed by atoms with E-state index in [0.717, 1.165) is 32.3 Å². The van der Waals surface area contributed by atoms with Crippen LogP contribution in [0, 0.1) is 0 Å². The summed E-state index contributed by atoms with van der Waals surface area (Å²) in [6.07, 6.45) is 0. The molecule has 3 nitrogen and oxygen atoms in total. The molecule has 3 rings (SSSR count). The van der Waals surface area contributed by atoms with Crippen LogP contribution in [0.5, 0.6) is 17.2 Å². The van der Waals surface area contributed by atoms with Crippen LogP contribution in [0.3, 0.4) is 0 Å². The molecule has 1 aliphatic rings. The van der Waals surface area contributed by atoms with Gasteiger partial charge in [0, 0.05) is 20.8 Å². The van der Waals surface area contributed by atoms with Crippen LogP contribution in [-0.2, 0) is 0 Å². The Morgan fingerprint density at radius 3 is 2.60 bits per heavy atom. The molecule has 0 aliphatic carbocycles. The van der Waals surface area contributed by atoms with E-state index in [1.54, 1.807) is 6.07 Å². The zero-order valence-electron chi connectivity index (χ0n) is 10.2. The fourth-order valence-corrected chi connectivity index (χ4v) is 3.38. The summed E-state index contributed by atoms with van der Waals surface area (Å²) in [6, 6.07) is 9.38. The number of benzene rings is 2. The Morgan fingerprint density at radius 1 is 1.05 bits per heavy atom. The van der Waals surface area contributed by atoms with E-state index in [-0.39, 0.29) is 5.75 Å². The van der Waals surface area contributed by atoms with Gasteiger partial charge in [-0.15, -0.1) is 0 Å². The number of halogens is 3. The van der Waals surface area contributed by atoms with Crippen molar-refractivity contribution in [1.82, 2.24) is 0 Å². The fraction of sp³-hybridized carbons (Fsp3) is 0.143. The average Bonchev–Trinajstić information content (AvgIpc) is 2.38. The van der Waals surface area contributed by atoms with Crippen LogP contribution in [-0.4, -0.2) is 17.0 Å². The lowest BCUT2D eigenvalue weighted by atomic mass is 10.1. The molecule has 0 aromatic heterocycles. The molecule has 0 atom stereocenters. The summed E-state index contributed by atoms with van der Waals surface area (Å²) in [5.41, 5.74) is 1.63. The van der Waals surface area contributed by atoms with Crippen molar-refractivity contribution in [1.29, 1.82) is 0 Å². The van der Waals surface area contributed by atoms with Gasteiger partial charge in [0.15, 0.2) is 11.5 Å². The van der Waals surface area contributed by atoms with Gasteiger partial charge in [-0.1, -0.05) is 47.8 Å². The van der Waals surface area contributed by atoms with Crippen LogP contribution in [0.25, 0.3) is 0 Å². The van der Waals surface area contributed by atoms with Gasteiger partial charge >= 0.3 is 0 Å². The Bertz CT molecular complexity index is 676. The quantitative estimate of drug-likeness (QED) is 0.592. The number of phenolic OH excluding ortho intramolecular Hbond substituents is 1. The second-order valence-corrected chi connectivity index (χ2v) is 6.95. The maximum Gasteiger partial charge on any atom is 0.156 e. The summed E-state index contributed by atoms with van der Waals surface area (Å²) >= 11 is 10.3. The Kier molecular flexibility index (Phi) is 3.97. The first kappa shape index (κ1) is 14.2. The van der Waals surface area contributed by atoms with Gasteiger partial charge in [0.25, 0.3) is 0 Å². The molecule has 0 amide bonds. The summed E-state index contributed by atoms with van der Waals surface area (Å²) in [5.74, 6) is 1.62. The zero-order chi connectivity index (χ0) is 14.3. The highest BCUT2D eigenvalue weighted by atomic mass is 79.9. The van der Waals surface area contributed by atoms with Gasteiger partial charge in [-0.25, -0.2) is 0 Å². The Morgan fingerprint density at radius 2 is 1.85 bits per heavy atom. The molecule has 104 valence electrons. The normalized spacial score (nSPS) is 12.7. The highest BCUT2D eigenvalue weighted by Crippen LogP contribution is 2.52. The minimum atomic E-state index is 0.195. The lowest BCUT2D eigenvalue weighted by Gasteiger charge is -2.33. The van der Waals surface area contributed by atoms with Crippen molar-refractivity contribution in [3.63, 3.8) is 0 Å². The van der Waals surface area contributed by atoms with Gasteiger partial charge in [-0.2, -0.15) is 0 Å². The number of aromatic hydroxyl groups is 1. The van der Waals surface area contributed by atoms with E-state index in [1.807, 2.05) is 24.3 Å².